The molecular formula is C21H33ClN2O4. The standard InChI is InChI=1S/C21H33ClN2O4/c1-15(14-21(2,3)26)24-10-7-17(8-11-24)28-19-6-5-16(13-18(19)22)20(25)23-9-12-27-4/h5-6,13,15,17,26H,7-12,14H2,1-4H3,(H,23,25). The van der Waals surface area contributed by atoms with Gasteiger partial charge in [-0.25, -0.2) is 0 Å². The van der Waals surface area contributed by atoms with Crippen LogP contribution < -0.4 is 10.1 Å². The van der Waals surface area contributed by atoms with Crippen LogP contribution in [0.4, 0.5) is 0 Å². The number of ether oxygens (including phenoxy) is 2. The zero-order valence-corrected chi connectivity index (χ0v) is 18.1. The Morgan fingerprint density at radius 2 is 2.07 bits per heavy atom. The van der Waals surface area contributed by atoms with Gasteiger partial charge in [0.2, 0.25) is 0 Å². The molecule has 1 aliphatic rings. The molecule has 0 saturated carbocycles. The van der Waals surface area contributed by atoms with Crippen molar-refractivity contribution in [2.24, 2.45) is 0 Å². The zero-order chi connectivity index (χ0) is 20.7. The Morgan fingerprint density at radius 1 is 1.39 bits per heavy atom. The van der Waals surface area contributed by atoms with Crippen molar-refractivity contribution in [3.05, 3.63) is 28.8 Å². The highest BCUT2D eigenvalue weighted by molar-refractivity contribution is 6.32. The number of hydrogen-bond acceptors (Lipinski definition) is 5. The van der Waals surface area contributed by atoms with Gasteiger partial charge in [0, 0.05) is 38.3 Å². The number of methoxy groups -OCH3 is 1. The predicted octanol–water partition coefficient (Wildman–Crippen LogP) is 3.11. The third-order valence-corrected chi connectivity index (χ3v) is 5.27. The van der Waals surface area contributed by atoms with E-state index in [1.807, 2.05) is 13.8 Å². The summed E-state index contributed by atoms with van der Waals surface area (Å²) in [7, 11) is 1.59. The van der Waals surface area contributed by atoms with Crippen LogP contribution in [0, 0.1) is 0 Å². The highest BCUT2D eigenvalue weighted by Gasteiger charge is 2.27. The number of benzene rings is 1. The second kappa shape index (κ2) is 10.4. The number of nitrogens with zero attached hydrogens (tertiary/aromatic N) is 1. The summed E-state index contributed by atoms with van der Waals surface area (Å²) in [4.78, 5) is 14.5. The predicted molar refractivity (Wildman–Crippen MR) is 111 cm³/mol. The lowest BCUT2D eigenvalue weighted by molar-refractivity contribution is 0.0197. The smallest absolute Gasteiger partial charge is 0.251 e. The summed E-state index contributed by atoms with van der Waals surface area (Å²) >= 11 is 6.34. The molecule has 7 heteroatoms. The zero-order valence-electron chi connectivity index (χ0n) is 17.3. The van der Waals surface area contributed by atoms with Crippen molar-refractivity contribution in [1.29, 1.82) is 0 Å². The molecule has 1 aliphatic heterocycles. The molecule has 0 aromatic heterocycles. The van der Waals surface area contributed by atoms with E-state index in [1.54, 1.807) is 25.3 Å². The van der Waals surface area contributed by atoms with Gasteiger partial charge in [-0.1, -0.05) is 11.6 Å². The van der Waals surface area contributed by atoms with Gasteiger partial charge in [-0.15, -0.1) is 0 Å². The summed E-state index contributed by atoms with van der Waals surface area (Å²) in [6.07, 6.45) is 2.67. The van der Waals surface area contributed by atoms with Gasteiger partial charge in [-0.3, -0.25) is 4.79 Å². The molecule has 1 amide bonds. The molecule has 28 heavy (non-hydrogen) atoms. The molecule has 158 valence electrons. The summed E-state index contributed by atoms with van der Waals surface area (Å²) in [5.74, 6) is 0.428. The third-order valence-electron chi connectivity index (χ3n) is 4.97. The monoisotopic (exact) mass is 412 g/mol. The first-order valence-electron chi connectivity index (χ1n) is 9.89. The number of likely N-dealkylation sites (tertiary alicyclic amines) is 1. The van der Waals surface area contributed by atoms with Crippen molar-refractivity contribution >= 4 is 17.5 Å². The van der Waals surface area contributed by atoms with E-state index in [9.17, 15) is 9.90 Å². The summed E-state index contributed by atoms with van der Waals surface area (Å²) in [6, 6.07) is 5.46. The Balaban J connectivity index is 1.85. The Hall–Kier alpha value is -1.34. The lowest BCUT2D eigenvalue weighted by atomic mass is 9.97. The maximum absolute atomic E-state index is 12.1. The van der Waals surface area contributed by atoms with Crippen molar-refractivity contribution in [2.45, 2.75) is 57.8 Å². The van der Waals surface area contributed by atoms with E-state index in [2.05, 4.69) is 17.1 Å². The Kier molecular flexibility index (Phi) is 8.56. The van der Waals surface area contributed by atoms with Crippen LogP contribution in [0.3, 0.4) is 0 Å². The van der Waals surface area contributed by atoms with Crippen LogP contribution in [0.15, 0.2) is 18.2 Å². The van der Waals surface area contributed by atoms with E-state index in [-0.39, 0.29) is 12.0 Å². The number of nitrogens with one attached hydrogen (secondary N) is 1. The highest BCUT2D eigenvalue weighted by atomic mass is 35.5. The van der Waals surface area contributed by atoms with E-state index < -0.39 is 5.60 Å². The number of hydrogen-bond donors (Lipinski definition) is 2. The van der Waals surface area contributed by atoms with Crippen LogP contribution in [0.5, 0.6) is 5.75 Å². The summed E-state index contributed by atoms with van der Waals surface area (Å²) < 4.78 is 11.0. The fraction of sp³-hybridized carbons (Fsp3) is 0.667. The average molecular weight is 413 g/mol. The SMILES string of the molecule is COCCNC(=O)c1ccc(OC2CCN(C(C)CC(C)(C)O)CC2)c(Cl)c1. The third kappa shape index (κ3) is 7.24. The van der Waals surface area contributed by atoms with Crippen LogP contribution in [-0.2, 0) is 4.74 Å². The van der Waals surface area contributed by atoms with Gasteiger partial charge >= 0.3 is 0 Å². The lowest BCUT2D eigenvalue weighted by Gasteiger charge is -2.38. The number of rotatable bonds is 9. The fourth-order valence-corrected chi connectivity index (χ4v) is 3.80. The van der Waals surface area contributed by atoms with Gasteiger partial charge in [0.05, 0.1) is 17.2 Å². The molecule has 0 spiro atoms. The van der Waals surface area contributed by atoms with Crippen LogP contribution in [-0.4, -0.2) is 67.0 Å². The lowest BCUT2D eigenvalue weighted by Crippen LogP contribution is -2.45. The fourth-order valence-electron chi connectivity index (χ4n) is 3.57. The maximum Gasteiger partial charge on any atom is 0.251 e. The second-order valence-electron chi connectivity index (χ2n) is 8.11. The van der Waals surface area contributed by atoms with Crippen molar-refractivity contribution < 1.29 is 19.4 Å². The first kappa shape index (κ1) is 22.9. The summed E-state index contributed by atoms with van der Waals surface area (Å²) in [6.45, 7) is 8.64. The molecule has 2 rings (SSSR count). The van der Waals surface area contributed by atoms with Crippen LogP contribution in [0.25, 0.3) is 0 Å². The number of aliphatic hydroxyl groups is 1. The molecule has 1 unspecified atom stereocenters. The van der Waals surface area contributed by atoms with Crippen molar-refractivity contribution in [2.75, 3.05) is 33.4 Å². The minimum absolute atomic E-state index is 0.101. The van der Waals surface area contributed by atoms with Crippen LogP contribution >= 0.6 is 11.6 Å². The molecule has 0 bridgehead atoms. The highest BCUT2D eigenvalue weighted by Crippen LogP contribution is 2.29. The van der Waals surface area contributed by atoms with Crippen LogP contribution in [0.2, 0.25) is 5.02 Å². The molecule has 1 atom stereocenters. The largest absolute Gasteiger partial charge is 0.489 e. The van der Waals surface area contributed by atoms with Gasteiger partial charge in [0.25, 0.3) is 5.91 Å². The van der Waals surface area contributed by atoms with E-state index in [4.69, 9.17) is 21.1 Å². The molecule has 1 aromatic rings. The summed E-state index contributed by atoms with van der Waals surface area (Å²) in [5, 5.41) is 13.2. The normalized spacial score (nSPS) is 17.4. The van der Waals surface area contributed by atoms with Gasteiger partial charge in [0.15, 0.2) is 0 Å². The van der Waals surface area contributed by atoms with Crippen molar-refractivity contribution in [3.8, 4) is 5.75 Å². The number of halogens is 1. The minimum Gasteiger partial charge on any atom is -0.489 e. The first-order chi connectivity index (χ1) is 13.2. The molecule has 6 nitrogen and oxygen atoms in total. The molecular weight excluding hydrogens is 380 g/mol. The van der Waals surface area contributed by atoms with Gasteiger partial charge in [0.1, 0.15) is 11.9 Å². The molecule has 1 aromatic carbocycles. The van der Waals surface area contributed by atoms with E-state index >= 15 is 0 Å². The topological polar surface area (TPSA) is 71.0 Å². The Bertz CT molecular complexity index is 640. The second-order valence-corrected chi connectivity index (χ2v) is 8.52. The van der Waals surface area contributed by atoms with Gasteiger partial charge < -0.3 is 24.8 Å². The van der Waals surface area contributed by atoms with Crippen molar-refractivity contribution in [3.63, 3.8) is 0 Å². The molecule has 1 fully saturated rings. The van der Waals surface area contributed by atoms with E-state index in [0.29, 0.717) is 35.5 Å². The Morgan fingerprint density at radius 3 is 2.64 bits per heavy atom. The molecule has 0 aliphatic carbocycles. The van der Waals surface area contributed by atoms with E-state index in [1.165, 1.54) is 0 Å². The molecule has 0 radical (unpaired) electrons. The molecule has 2 N–H and O–H groups in total. The quantitative estimate of drug-likeness (QED) is 0.610. The Labute approximate surface area is 173 Å². The van der Waals surface area contributed by atoms with Crippen molar-refractivity contribution in [1.82, 2.24) is 10.2 Å². The van der Waals surface area contributed by atoms with E-state index in [0.717, 1.165) is 32.4 Å². The van der Waals surface area contributed by atoms with Gasteiger partial charge in [-0.2, -0.15) is 0 Å². The molecule has 1 heterocycles. The minimum atomic E-state index is -0.655. The number of piperidine rings is 1. The first-order valence-corrected chi connectivity index (χ1v) is 10.3. The molecule has 1 saturated heterocycles. The summed E-state index contributed by atoms with van der Waals surface area (Å²) in [5.41, 5.74) is -0.151. The average Bonchev–Trinajstić information content (AvgIpc) is 2.62. The number of amides is 1. The maximum atomic E-state index is 12.1. The van der Waals surface area contributed by atoms with Gasteiger partial charge in [-0.05, 0) is 58.2 Å². The van der Waals surface area contributed by atoms with Crippen LogP contribution in [0.1, 0.15) is 50.4 Å². The number of carbonyl (C=O) groups excluding carboxylic acids is 1. The number of carbonyl (C=O) groups is 1.